The number of hydrogen-bond acceptors (Lipinski definition) is 5. The van der Waals surface area contributed by atoms with Crippen LogP contribution in [0.25, 0.3) is 0 Å². The topological polar surface area (TPSA) is 79.0 Å². The lowest BCUT2D eigenvalue weighted by atomic mass is 9.85. The van der Waals surface area contributed by atoms with Gasteiger partial charge in [0, 0.05) is 11.9 Å². The van der Waals surface area contributed by atoms with Crippen molar-refractivity contribution in [2.45, 2.75) is 39.0 Å². The second kappa shape index (κ2) is 7.31. The number of thiazole rings is 1. The molecule has 144 valence electrons. The van der Waals surface area contributed by atoms with Gasteiger partial charge in [-0.25, -0.2) is 10.1 Å². The van der Waals surface area contributed by atoms with Gasteiger partial charge in [-0.2, -0.15) is 5.10 Å². The molecule has 6 nitrogen and oxygen atoms in total. The first-order valence-corrected chi connectivity index (χ1v) is 10.1. The van der Waals surface area contributed by atoms with Crippen LogP contribution in [0.3, 0.4) is 0 Å². The summed E-state index contributed by atoms with van der Waals surface area (Å²) in [7, 11) is 1.68. The lowest BCUT2D eigenvalue weighted by Gasteiger charge is -2.21. The number of nitrogens with zero attached hydrogens (tertiary/aromatic N) is 3. The van der Waals surface area contributed by atoms with Crippen molar-refractivity contribution in [1.82, 2.24) is 15.2 Å². The van der Waals surface area contributed by atoms with Gasteiger partial charge in [0.15, 0.2) is 5.13 Å². The van der Waals surface area contributed by atoms with Crippen LogP contribution < -0.4 is 10.5 Å². The summed E-state index contributed by atoms with van der Waals surface area (Å²) in [6, 6.07) is 10.5. The van der Waals surface area contributed by atoms with E-state index < -0.39 is 5.56 Å². The van der Waals surface area contributed by atoms with Crippen molar-refractivity contribution < 1.29 is 4.79 Å². The van der Waals surface area contributed by atoms with Crippen LogP contribution in [0.15, 0.2) is 35.1 Å². The van der Waals surface area contributed by atoms with Gasteiger partial charge in [-0.05, 0) is 50.2 Å². The highest BCUT2D eigenvalue weighted by atomic mass is 32.1. The fourth-order valence-electron chi connectivity index (χ4n) is 3.65. The Balaban J connectivity index is 1.60. The number of benzene rings is 1. The van der Waals surface area contributed by atoms with Gasteiger partial charge in [-0.3, -0.25) is 14.5 Å². The second-order valence-electron chi connectivity index (χ2n) is 7.22. The second-order valence-corrected chi connectivity index (χ2v) is 8.28. The molecule has 0 unspecified atom stereocenters. The van der Waals surface area contributed by atoms with Crippen molar-refractivity contribution in [2.75, 3.05) is 11.9 Å². The van der Waals surface area contributed by atoms with Gasteiger partial charge < -0.3 is 0 Å². The minimum absolute atomic E-state index is 0.130. The number of hydrogen-bond donors (Lipinski definition) is 1. The maximum absolute atomic E-state index is 13.0. The number of aromatic nitrogens is 3. The Hall–Kier alpha value is -2.80. The van der Waals surface area contributed by atoms with E-state index in [-0.39, 0.29) is 11.5 Å². The summed E-state index contributed by atoms with van der Waals surface area (Å²) in [6.07, 6.45) is 2.90. The van der Waals surface area contributed by atoms with Crippen molar-refractivity contribution in [3.63, 3.8) is 0 Å². The monoisotopic (exact) mass is 394 g/mol. The van der Waals surface area contributed by atoms with E-state index in [0.29, 0.717) is 22.3 Å². The standard InChI is InChI=1S/C21H22N4O2S/c1-12-13(2)23-24-19(26)18(12)20(27)25(3)21-22-16-10-9-15(11-17(16)28-21)14-7-5-4-6-8-14/h4-8,15H,9-11H2,1-3H3,(H,24,26)/t15-/m0/s1. The number of rotatable bonds is 3. The predicted molar refractivity (Wildman–Crippen MR) is 110 cm³/mol. The van der Waals surface area contributed by atoms with E-state index >= 15 is 0 Å². The third-order valence-electron chi connectivity index (χ3n) is 5.47. The summed E-state index contributed by atoms with van der Waals surface area (Å²) in [5.74, 6) is 0.130. The van der Waals surface area contributed by atoms with Crippen molar-refractivity contribution in [1.29, 1.82) is 0 Å². The number of aromatic amines is 1. The summed E-state index contributed by atoms with van der Waals surface area (Å²) in [6.45, 7) is 3.52. The van der Waals surface area contributed by atoms with Crippen molar-refractivity contribution in [2.24, 2.45) is 0 Å². The SMILES string of the molecule is Cc1n[nH]c(=O)c(C(=O)N(C)c2nc3c(s2)C[C@@H](c2ccccc2)CC3)c1C. The molecule has 0 bridgehead atoms. The lowest BCUT2D eigenvalue weighted by molar-refractivity contribution is 0.0990. The lowest BCUT2D eigenvalue weighted by Crippen LogP contribution is -2.33. The molecule has 2 heterocycles. The minimum Gasteiger partial charge on any atom is -0.287 e. The summed E-state index contributed by atoms with van der Waals surface area (Å²) < 4.78 is 0. The van der Waals surface area contributed by atoms with Gasteiger partial charge >= 0.3 is 0 Å². The average molecular weight is 395 g/mol. The van der Waals surface area contributed by atoms with Gasteiger partial charge in [0.25, 0.3) is 11.5 Å². The van der Waals surface area contributed by atoms with Crippen LogP contribution in [0.2, 0.25) is 0 Å². The summed E-state index contributed by atoms with van der Waals surface area (Å²) in [4.78, 5) is 32.6. The minimum atomic E-state index is -0.467. The number of nitrogens with one attached hydrogen (secondary N) is 1. The third kappa shape index (κ3) is 3.26. The number of amides is 1. The first-order chi connectivity index (χ1) is 13.5. The molecular weight excluding hydrogens is 372 g/mol. The highest BCUT2D eigenvalue weighted by Gasteiger charge is 2.27. The Bertz CT molecular complexity index is 1090. The first kappa shape index (κ1) is 18.6. The summed E-state index contributed by atoms with van der Waals surface area (Å²) in [5, 5.41) is 6.96. The smallest absolute Gasteiger partial charge is 0.277 e. The normalized spacial score (nSPS) is 15.9. The molecule has 0 spiro atoms. The molecule has 7 heteroatoms. The number of anilines is 1. The van der Waals surface area contributed by atoms with Crippen molar-refractivity contribution in [3.05, 3.63) is 73.6 Å². The highest BCUT2D eigenvalue weighted by Crippen LogP contribution is 2.38. The van der Waals surface area contributed by atoms with E-state index in [4.69, 9.17) is 4.98 Å². The Morgan fingerprint density at radius 1 is 1.25 bits per heavy atom. The molecule has 0 fully saturated rings. The fourth-order valence-corrected chi connectivity index (χ4v) is 4.80. The van der Waals surface area contributed by atoms with E-state index in [1.165, 1.54) is 15.3 Å². The molecule has 1 amide bonds. The maximum Gasteiger partial charge on any atom is 0.277 e. The molecule has 28 heavy (non-hydrogen) atoms. The predicted octanol–water partition coefficient (Wildman–Crippen LogP) is 3.39. The van der Waals surface area contributed by atoms with Gasteiger partial charge in [0.1, 0.15) is 5.56 Å². The zero-order valence-electron chi connectivity index (χ0n) is 16.2. The quantitative estimate of drug-likeness (QED) is 0.738. The van der Waals surface area contributed by atoms with Gasteiger partial charge in [0.2, 0.25) is 0 Å². The molecule has 1 N–H and O–H groups in total. The molecule has 0 saturated heterocycles. The summed E-state index contributed by atoms with van der Waals surface area (Å²) >= 11 is 1.55. The number of aryl methyl sites for hydroxylation is 2. The van der Waals surface area contributed by atoms with Crippen molar-refractivity contribution in [3.8, 4) is 0 Å². The third-order valence-corrected chi connectivity index (χ3v) is 6.67. The molecule has 1 aliphatic carbocycles. The zero-order chi connectivity index (χ0) is 19.8. The Morgan fingerprint density at radius 3 is 2.75 bits per heavy atom. The number of carbonyl (C=O) groups excluding carboxylic acids is 1. The fraction of sp³-hybridized carbons (Fsp3) is 0.333. The first-order valence-electron chi connectivity index (χ1n) is 9.33. The van der Waals surface area contributed by atoms with Crippen LogP contribution in [0.4, 0.5) is 5.13 Å². The van der Waals surface area contributed by atoms with Crippen LogP contribution in [0.5, 0.6) is 0 Å². The zero-order valence-corrected chi connectivity index (χ0v) is 17.0. The van der Waals surface area contributed by atoms with Crippen molar-refractivity contribution >= 4 is 22.4 Å². The number of fused-ring (bicyclic) bond motifs is 1. The van der Waals surface area contributed by atoms with E-state index in [0.717, 1.165) is 25.0 Å². The van der Waals surface area contributed by atoms with Crippen LogP contribution in [0.1, 0.15) is 50.1 Å². The van der Waals surface area contributed by atoms with Crippen LogP contribution >= 0.6 is 11.3 Å². The molecule has 1 atom stereocenters. The summed E-state index contributed by atoms with van der Waals surface area (Å²) in [5.41, 5.74) is 3.33. The molecule has 0 saturated carbocycles. The number of H-pyrrole nitrogens is 1. The average Bonchev–Trinajstić information content (AvgIpc) is 3.14. The Morgan fingerprint density at radius 2 is 2.00 bits per heavy atom. The van der Waals surface area contributed by atoms with E-state index in [9.17, 15) is 9.59 Å². The molecular formula is C21H22N4O2S. The highest BCUT2D eigenvalue weighted by molar-refractivity contribution is 7.16. The molecule has 3 aromatic rings. The van der Waals surface area contributed by atoms with Crippen LogP contribution in [0, 0.1) is 13.8 Å². The molecule has 2 aromatic heterocycles. The van der Waals surface area contributed by atoms with Crippen LogP contribution in [-0.4, -0.2) is 28.1 Å². The molecule has 0 radical (unpaired) electrons. The molecule has 1 aliphatic rings. The number of carbonyl (C=O) groups is 1. The van der Waals surface area contributed by atoms with E-state index in [2.05, 4.69) is 34.5 Å². The molecule has 1 aromatic carbocycles. The molecule has 4 rings (SSSR count). The molecule has 0 aliphatic heterocycles. The van der Waals surface area contributed by atoms with E-state index in [1.54, 1.807) is 32.2 Å². The Labute approximate surface area is 167 Å². The largest absolute Gasteiger partial charge is 0.287 e. The van der Waals surface area contributed by atoms with Crippen LogP contribution in [-0.2, 0) is 12.8 Å². The van der Waals surface area contributed by atoms with Gasteiger partial charge in [-0.15, -0.1) is 11.3 Å². The Kier molecular flexibility index (Phi) is 4.85. The maximum atomic E-state index is 13.0. The van der Waals surface area contributed by atoms with E-state index in [1.807, 2.05) is 6.07 Å². The van der Waals surface area contributed by atoms with Gasteiger partial charge in [-0.1, -0.05) is 30.3 Å². The van der Waals surface area contributed by atoms with Gasteiger partial charge in [0.05, 0.1) is 11.4 Å².